The highest BCUT2D eigenvalue weighted by Crippen LogP contribution is 2.32. The molecule has 4 rings (SSSR count). The highest BCUT2D eigenvalue weighted by molar-refractivity contribution is 7.17. The van der Waals surface area contributed by atoms with Crippen LogP contribution in [0.1, 0.15) is 30.7 Å². The van der Waals surface area contributed by atoms with Gasteiger partial charge in [-0.05, 0) is 36.2 Å². The Labute approximate surface area is 194 Å². The van der Waals surface area contributed by atoms with Crippen LogP contribution in [0.2, 0.25) is 0 Å². The van der Waals surface area contributed by atoms with Crippen LogP contribution in [0, 0.1) is 5.92 Å². The third kappa shape index (κ3) is 5.05. The van der Waals surface area contributed by atoms with Crippen molar-refractivity contribution in [1.82, 2.24) is 10.3 Å². The Kier molecular flexibility index (Phi) is 6.66. The van der Waals surface area contributed by atoms with Gasteiger partial charge in [-0.2, -0.15) is 0 Å². The van der Waals surface area contributed by atoms with Crippen LogP contribution in [0.5, 0.6) is 0 Å². The first-order chi connectivity index (χ1) is 15.4. The Bertz CT molecular complexity index is 1150. The van der Waals surface area contributed by atoms with Crippen LogP contribution in [0.25, 0.3) is 10.6 Å². The number of nitrogens with zero attached hydrogens (tertiary/aromatic N) is 2. The van der Waals surface area contributed by atoms with Crippen LogP contribution in [0.15, 0.2) is 41.8 Å². The Morgan fingerprint density at radius 1 is 1.25 bits per heavy atom. The molecule has 0 aliphatic carbocycles. The van der Waals surface area contributed by atoms with Gasteiger partial charge in [0, 0.05) is 35.8 Å². The lowest BCUT2D eigenvalue weighted by molar-refractivity contribution is -0.122. The Morgan fingerprint density at radius 2 is 2.09 bits per heavy atom. The zero-order valence-corrected chi connectivity index (χ0v) is 19.5. The minimum absolute atomic E-state index is 0.0384. The first-order valence-electron chi connectivity index (χ1n) is 10.4. The average molecular weight is 469 g/mol. The lowest BCUT2D eigenvalue weighted by Gasteiger charge is -2.17. The first-order valence-corrected chi connectivity index (χ1v) is 12.1. The molecule has 1 unspecified atom stereocenters. The number of carbonyl (C=O) groups excluding carboxylic acids is 3. The molecule has 166 valence electrons. The van der Waals surface area contributed by atoms with Crippen molar-refractivity contribution in [3.63, 3.8) is 0 Å². The second-order valence-corrected chi connectivity index (χ2v) is 9.66. The molecule has 1 aliphatic heterocycles. The van der Waals surface area contributed by atoms with Gasteiger partial charge in [0.15, 0.2) is 5.13 Å². The number of nitrogens with one attached hydrogen (secondary N) is 2. The van der Waals surface area contributed by atoms with E-state index in [0.717, 1.165) is 33.1 Å². The molecule has 9 heteroatoms. The van der Waals surface area contributed by atoms with Crippen molar-refractivity contribution in [3.05, 3.63) is 52.2 Å². The molecule has 3 amide bonds. The minimum Gasteiger partial charge on any atom is -0.351 e. The maximum Gasteiger partial charge on any atom is 0.231 e. The second-order valence-electron chi connectivity index (χ2n) is 7.63. The molecule has 1 atom stereocenters. The van der Waals surface area contributed by atoms with Gasteiger partial charge in [0.25, 0.3) is 0 Å². The summed E-state index contributed by atoms with van der Waals surface area (Å²) in [7, 11) is 0. The van der Waals surface area contributed by atoms with E-state index in [-0.39, 0.29) is 24.1 Å². The lowest BCUT2D eigenvalue weighted by atomic mass is 10.1. The third-order valence-electron chi connectivity index (χ3n) is 5.29. The summed E-state index contributed by atoms with van der Waals surface area (Å²) >= 11 is 2.91. The second kappa shape index (κ2) is 9.62. The van der Waals surface area contributed by atoms with E-state index in [1.807, 2.05) is 41.8 Å². The summed E-state index contributed by atoms with van der Waals surface area (Å²) in [6.45, 7) is 4.42. The molecule has 0 radical (unpaired) electrons. The maximum atomic E-state index is 12.8. The van der Waals surface area contributed by atoms with Gasteiger partial charge in [0.1, 0.15) is 0 Å². The summed E-state index contributed by atoms with van der Waals surface area (Å²) in [4.78, 5) is 44.6. The third-order valence-corrected chi connectivity index (χ3v) is 7.15. The Balaban J connectivity index is 1.38. The van der Waals surface area contributed by atoms with Crippen molar-refractivity contribution in [3.8, 4) is 10.6 Å². The van der Waals surface area contributed by atoms with Crippen molar-refractivity contribution < 1.29 is 14.4 Å². The highest BCUT2D eigenvalue weighted by atomic mass is 32.1. The molecule has 0 saturated carbocycles. The van der Waals surface area contributed by atoms with Crippen molar-refractivity contribution in [2.75, 3.05) is 16.8 Å². The molecule has 2 aromatic heterocycles. The fourth-order valence-electron chi connectivity index (χ4n) is 3.55. The van der Waals surface area contributed by atoms with E-state index in [1.54, 1.807) is 16.2 Å². The fraction of sp³-hybridized carbons (Fsp3) is 0.304. The molecule has 1 aromatic carbocycles. The van der Waals surface area contributed by atoms with Gasteiger partial charge < -0.3 is 15.5 Å². The number of hydrogen-bond acceptors (Lipinski definition) is 6. The van der Waals surface area contributed by atoms with E-state index in [4.69, 9.17) is 0 Å². The normalized spacial score (nSPS) is 15.8. The van der Waals surface area contributed by atoms with E-state index < -0.39 is 5.92 Å². The van der Waals surface area contributed by atoms with Crippen molar-refractivity contribution in [1.29, 1.82) is 0 Å². The van der Waals surface area contributed by atoms with E-state index in [9.17, 15) is 14.4 Å². The Hall–Kier alpha value is -3.04. The molecule has 3 aromatic rings. The maximum absolute atomic E-state index is 12.8. The number of thiophene rings is 1. The summed E-state index contributed by atoms with van der Waals surface area (Å²) in [5.41, 5.74) is 2.78. The largest absolute Gasteiger partial charge is 0.351 e. The Morgan fingerprint density at radius 3 is 2.88 bits per heavy atom. The standard InChI is InChI=1S/C23H24N4O3S2/c1-3-15-5-4-6-17(9-15)27-12-16(10-21(27)29)22(30)26-23-25-19(13-31-23)20-8-7-18(32-20)11-24-14(2)28/h4-9,13,16H,3,10-12H2,1-2H3,(H,24,28)(H,25,26,30). The molecule has 1 aliphatic rings. The predicted octanol–water partition coefficient (Wildman–Crippen LogP) is 4.06. The lowest BCUT2D eigenvalue weighted by Crippen LogP contribution is -2.28. The zero-order valence-electron chi connectivity index (χ0n) is 17.9. The monoisotopic (exact) mass is 468 g/mol. The van der Waals surface area contributed by atoms with E-state index >= 15 is 0 Å². The predicted molar refractivity (Wildman–Crippen MR) is 128 cm³/mol. The van der Waals surface area contributed by atoms with Crippen molar-refractivity contribution in [2.24, 2.45) is 5.92 Å². The van der Waals surface area contributed by atoms with Crippen LogP contribution in [0.3, 0.4) is 0 Å². The van der Waals surface area contributed by atoms with Crippen LogP contribution < -0.4 is 15.5 Å². The van der Waals surface area contributed by atoms with Gasteiger partial charge in [-0.15, -0.1) is 22.7 Å². The summed E-state index contributed by atoms with van der Waals surface area (Å²) in [5, 5.41) is 8.06. The smallest absolute Gasteiger partial charge is 0.231 e. The molecule has 32 heavy (non-hydrogen) atoms. The first kappa shape index (κ1) is 22.2. The summed E-state index contributed by atoms with van der Waals surface area (Å²) in [5.74, 6) is -0.707. The topological polar surface area (TPSA) is 91.4 Å². The molecule has 0 bridgehead atoms. The van der Waals surface area contributed by atoms with Gasteiger partial charge >= 0.3 is 0 Å². The van der Waals surface area contributed by atoms with Crippen LogP contribution in [-0.2, 0) is 27.3 Å². The number of benzene rings is 1. The fourth-order valence-corrected chi connectivity index (χ4v) is 5.25. The molecule has 2 N–H and O–H groups in total. The van der Waals surface area contributed by atoms with Gasteiger partial charge in [-0.1, -0.05) is 19.1 Å². The van der Waals surface area contributed by atoms with Gasteiger partial charge in [-0.25, -0.2) is 4.98 Å². The number of rotatable bonds is 7. The minimum atomic E-state index is -0.411. The highest BCUT2D eigenvalue weighted by Gasteiger charge is 2.35. The summed E-state index contributed by atoms with van der Waals surface area (Å²) < 4.78 is 0. The van der Waals surface area contributed by atoms with Crippen LogP contribution in [-0.4, -0.2) is 29.3 Å². The number of thiazole rings is 1. The van der Waals surface area contributed by atoms with Gasteiger partial charge in [0.05, 0.1) is 23.0 Å². The molecule has 7 nitrogen and oxygen atoms in total. The quantitative estimate of drug-likeness (QED) is 0.547. The van der Waals surface area contributed by atoms with Crippen molar-refractivity contribution in [2.45, 2.75) is 33.2 Å². The van der Waals surface area contributed by atoms with Crippen LogP contribution >= 0.6 is 22.7 Å². The number of hydrogen-bond donors (Lipinski definition) is 2. The van der Waals surface area contributed by atoms with E-state index in [2.05, 4.69) is 22.5 Å². The van der Waals surface area contributed by atoms with Gasteiger partial charge in [0.2, 0.25) is 17.7 Å². The summed E-state index contributed by atoms with van der Waals surface area (Å²) in [6, 6.07) is 11.8. The summed E-state index contributed by atoms with van der Waals surface area (Å²) in [6.07, 6.45) is 1.09. The van der Waals surface area contributed by atoms with Gasteiger partial charge in [-0.3, -0.25) is 14.4 Å². The number of amides is 3. The van der Waals surface area contributed by atoms with E-state index in [1.165, 1.54) is 18.3 Å². The van der Waals surface area contributed by atoms with Crippen molar-refractivity contribution >= 4 is 51.2 Å². The number of carbonyl (C=O) groups is 3. The molecular formula is C23H24N4O3S2. The molecule has 1 saturated heterocycles. The number of aryl methyl sites for hydroxylation is 1. The SMILES string of the molecule is CCc1cccc(N2CC(C(=O)Nc3nc(-c4ccc(CNC(C)=O)s4)cs3)CC2=O)c1. The molecule has 3 heterocycles. The number of aromatic nitrogens is 1. The zero-order chi connectivity index (χ0) is 22.7. The number of anilines is 2. The molecule has 0 spiro atoms. The molecule has 1 fully saturated rings. The van der Waals surface area contributed by atoms with E-state index in [0.29, 0.717) is 18.2 Å². The average Bonchev–Trinajstić information content (AvgIpc) is 3.52. The van der Waals surface area contributed by atoms with Crippen LogP contribution in [0.4, 0.5) is 10.8 Å². The molecular weight excluding hydrogens is 444 g/mol.